The van der Waals surface area contributed by atoms with Crippen LogP contribution in [-0.2, 0) is 17.7 Å². The maximum absolute atomic E-state index is 6.37. The Morgan fingerprint density at radius 2 is 0.957 bits per heavy atom. The molecule has 0 aromatic heterocycles. The number of hydrogen-bond donors (Lipinski definition) is 0. The van der Waals surface area contributed by atoms with Gasteiger partial charge in [-0.05, 0) is 46.2 Å². The van der Waals surface area contributed by atoms with Gasteiger partial charge in [0.05, 0.1) is 0 Å². The first-order valence-corrected chi connectivity index (χ1v) is 13.8. The van der Waals surface area contributed by atoms with Gasteiger partial charge in [-0.1, -0.05) is 33.6 Å². The van der Waals surface area contributed by atoms with Crippen molar-refractivity contribution < 1.29 is 17.7 Å². The predicted molar refractivity (Wildman–Crippen MR) is 102 cm³/mol. The lowest BCUT2D eigenvalue weighted by Gasteiger charge is -2.45. The van der Waals surface area contributed by atoms with E-state index in [0.717, 1.165) is 18.5 Å². The monoisotopic (exact) mass is 364 g/mol. The van der Waals surface area contributed by atoms with Crippen LogP contribution < -0.4 is 0 Å². The van der Waals surface area contributed by atoms with Crippen molar-refractivity contribution >= 4 is 17.1 Å². The van der Waals surface area contributed by atoms with Crippen molar-refractivity contribution in [2.75, 3.05) is 26.4 Å². The Kier molecular flexibility index (Phi) is 12.8. The molecular formula is C17H40O4Si2. The normalized spacial score (nSPS) is 13.0. The van der Waals surface area contributed by atoms with Gasteiger partial charge in [-0.3, -0.25) is 0 Å². The van der Waals surface area contributed by atoms with Crippen LogP contribution in [0.1, 0.15) is 67.7 Å². The molecule has 0 aliphatic heterocycles. The highest BCUT2D eigenvalue weighted by molar-refractivity contribution is 6.88. The molecule has 140 valence electrons. The van der Waals surface area contributed by atoms with E-state index in [2.05, 4.69) is 48.5 Å². The van der Waals surface area contributed by atoms with Crippen molar-refractivity contribution in [3.8, 4) is 0 Å². The van der Waals surface area contributed by atoms with Crippen molar-refractivity contribution in [2.24, 2.45) is 0 Å². The molecule has 0 spiro atoms. The van der Waals surface area contributed by atoms with Crippen LogP contribution in [0.15, 0.2) is 0 Å². The van der Waals surface area contributed by atoms with Crippen molar-refractivity contribution in [1.29, 1.82) is 0 Å². The van der Waals surface area contributed by atoms with Crippen molar-refractivity contribution in [3.05, 3.63) is 0 Å². The average molecular weight is 365 g/mol. The summed E-state index contributed by atoms with van der Waals surface area (Å²) in [5, 5.41) is 0.324. The summed E-state index contributed by atoms with van der Waals surface area (Å²) in [4.78, 5) is 0. The zero-order valence-electron chi connectivity index (χ0n) is 16.6. The molecule has 0 heterocycles. The molecule has 0 aliphatic rings. The lowest BCUT2D eigenvalue weighted by atomic mass is 10.3. The molecule has 0 N–H and O–H groups in total. The van der Waals surface area contributed by atoms with Gasteiger partial charge in [0.1, 0.15) is 0 Å². The summed E-state index contributed by atoms with van der Waals surface area (Å²) in [6, 6.07) is 1.91. The van der Waals surface area contributed by atoms with Gasteiger partial charge in [0.25, 0.3) is 0 Å². The Hall–Kier alpha value is 0.274. The van der Waals surface area contributed by atoms with E-state index in [1.807, 2.05) is 0 Å². The van der Waals surface area contributed by atoms with Gasteiger partial charge in [0, 0.05) is 31.6 Å². The van der Waals surface area contributed by atoms with Gasteiger partial charge in [0.2, 0.25) is 0 Å². The van der Waals surface area contributed by atoms with Gasteiger partial charge >= 0.3 is 17.1 Å². The van der Waals surface area contributed by atoms with Crippen LogP contribution in [0, 0.1) is 0 Å². The molecule has 0 unspecified atom stereocenters. The van der Waals surface area contributed by atoms with E-state index in [9.17, 15) is 0 Å². The number of hydrogen-bond acceptors (Lipinski definition) is 4. The van der Waals surface area contributed by atoms with Crippen LogP contribution >= 0.6 is 0 Å². The molecule has 0 aromatic rings. The highest BCUT2D eigenvalue weighted by Gasteiger charge is 2.58. The molecule has 0 aromatic carbocycles. The zero-order chi connectivity index (χ0) is 17.8. The second kappa shape index (κ2) is 12.6. The first kappa shape index (κ1) is 23.3. The topological polar surface area (TPSA) is 36.9 Å². The van der Waals surface area contributed by atoms with Crippen molar-refractivity contribution in [2.45, 2.75) is 85.0 Å². The summed E-state index contributed by atoms with van der Waals surface area (Å²) in [5.41, 5.74) is 0. The summed E-state index contributed by atoms with van der Waals surface area (Å²) >= 11 is 0. The Labute approximate surface area is 146 Å². The molecule has 0 aliphatic carbocycles. The third-order valence-corrected chi connectivity index (χ3v) is 14.9. The fraction of sp³-hybridized carbons (Fsp3) is 1.00. The predicted octanol–water partition coefficient (Wildman–Crippen LogP) is 5.16. The van der Waals surface area contributed by atoms with Crippen molar-refractivity contribution in [3.63, 3.8) is 0 Å². The molecule has 23 heavy (non-hydrogen) atoms. The Balaban J connectivity index is 5.87. The molecule has 0 rings (SSSR count). The Morgan fingerprint density at radius 3 is 1.17 bits per heavy atom. The van der Waals surface area contributed by atoms with Gasteiger partial charge in [0.15, 0.2) is 0 Å². The third kappa shape index (κ3) is 6.25. The van der Waals surface area contributed by atoms with E-state index in [1.165, 1.54) is 12.8 Å². The fourth-order valence-electron chi connectivity index (χ4n) is 3.55. The average Bonchev–Trinajstić information content (AvgIpc) is 2.55. The van der Waals surface area contributed by atoms with E-state index >= 15 is 0 Å². The van der Waals surface area contributed by atoms with Crippen LogP contribution in [0.5, 0.6) is 0 Å². The minimum atomic E-state index is -2.36. The molecular weight excluding hydrogens is 324 g/mol. The van der Waals surface area contributed by atoms with Crippen LogP contribution in [-0.4, -0.2) is 43.5 Å². The molecule has 0 amide bonds. The summed E-state index contributed by atoms with van der Waals surface area (Å²) in [7, 11) is -4.71. The van der Waals surface area contributed by atoms with Gasteiger partial charge < -0.3 is 17.7 Å². The minimum absolute atomic E-state index is 0.324. The first-order chi connectivity index (χ1) is 11.1. The molecule has 0 saturated heterocycles. The van der Waals surface area contributed by atoms with E-state index in [0.29, 0.717) is 31.6 Å². The zero-order valence-corrected chi connectivity index (χ0v) is 18.6. The lowest BCUT2D eigenvalue weighted by Crippen LogP contribution is -2.60. The molecule has 0 radical (unpaired) electrons. The molecule has 6 heteroatoms. The molecule has 0 fully saturated rings. The molecule has 0 atom stereocenters. The van der Waals surface area contributed by atoms with Crippen molar-refractivity contribution in [1.82, 2.24) is 0 Å². The molecule has 0 bridgehead atoms. The molecule has 4 nitrogen and oxygen atoms in total. The maximum Gasteiger partial charge on any atom is 0.343 e. The Morgan fingerprint density at radius 1 is 0.609 bits per heavy atom. The van der Waals surface area contributed by atoms with Gasteiger partial charge in [-0.25, -0.2) is 0 Å². The first-order valence-electron chi connectivity index (χ1n) is 9.61. The summed E-state index contributed by atoms with van der Waals surface area (Å²) < 4.78 is 25.5. The summed E-state index contributed by atoms with van der Waals surface area (Å²) in [5.74, 6) is 0. The van der Waals surface area contributed by atoms with E-state index in [-0.39, 0.29) is 0 Å². The van der Waals surface area contributed by atoms with E-state index < -0.39 is 17.1 Å². The fourth-order valence-corrected chi connectivity index (χ4v) is 14.5. The minimum Gasteiger partial charge on any atom is -0.394 e. The standard InChI is InChI=1S/C17H40O4Si2/c1-8-15-16-17(22(13-6,18-9-2)19-10-3)23(14-7,20-11-4)21-12-5/h17H,8-16H2,1-7H3. The Bertz CT molecular complexity index is 254. The quantitative estimate of drug-likeness (QED) is 0.376. The summed E-state index contributed by atoms with van der Waals surface area (Å²) in [6.07, 6.45) is 3.44. The maximum atomic E-state index is 6.37. The second-order valence-corrected chi connectivity index (χ2v) is 13.5. The van der Waals surface area contributed by atoms with E-state index in [4.69, 9.17) is 17.7 Å². The smallest absolute Gasteiger partial charge is 0.343 e. The highest BCUT2D eigenvalue weighted by atomic mass is 28.4. The van der Waals surface area contributed by atoms with E-state index in [1.54, 1.807) is 0 Å². The second-order valence-electron chi connectivity index (χ2n) is 5.76. The van der Waals surface area contributed by atoms with Gasteiger partial charge in [-0.15, -0.1) is 0 Å². The number of rotatable bonds is 15. The largest absolute Gasteiger partial charge is 0.394 e. The highest BCUT2D eigenvalue weighted by Crippen LogP contribution is 2.43. The van der Waals surface area contributed by atoms with Crippen LogP contribution in [0.25, 0.3) is 0 Å². The lowest BCUT2D eigenvalue weighted by molar-refractivity contribution is 0.146. The van der Waals surface area contributed by atoms with Crippen LogP contribution in [0.3, 0.4) is 0 Å². The summed E-state index contributed by atoms with van der Waals surface area (Å²) in [6.45, 7) is 17.8. The number of unbranched alkanes of at least 4 members (excludes halogenated alkanes) is 1. The van der Waals surface area contributed by atoms with Crippen LogP contribution in [0.2, 0.25) is 17.3 Å². The molecule has 0 saturated carbocycles. The van der Waals surface area contributed by atoms with Crippen LogP contribution in [0.4, 0.5) is 0 Å². The third-order valence-electron chi connectivity index (χ3n) is 4.45. The van der Waals surface area contributed by atoms with Gasteiger partial charge in [-0.2, -0.15) is 0 Å². The SMILES string of the molecule is CCCCC([Si](CC)(OCC)OCC)[Si](CC)(OCC)OCC.